The average molecular weight is 488 g/mol. The standard InChI is InChI=1S/C30H37N3O3/c1-3-27(4-2)32-30(34)25-11-12-29-26(20-25)19-23-8-7-9-24(18-23)21-33(14-15-35-16-17-36-29)22-28-10-5-6-13-31-28/h5-13,18,20,27H,3-4,14-17,19,21-22H2,1-2H3,(H,32,34). The van der Waals surface area contributed by atoms with Gasteiger partial charge in [-0.1, -0.05) is 44.2 Å². The Hall–Kier alpha value is -3.22. The molecule has 6 heteroatoms. The molecule has 0 radical (unpaired) electrons. The van der Waals surface area contributed by atoms with Crippen molar-refractivity contribution < 1.29 is 14.3 Å². The van der Waals surface area contributed by atoms with Crippen LogP contribution in [-0.4, -0.2) is 48.2 Å². The molecule has 2 aromatic carbocycles. The number of nitrogens with zero attached hydrogens (tertiary/aromatic N) is 2. The summed E-state index contributed by atoms with van der Waals surface area (Å²) in [6.45, 7) is 8.18. The Balaban J connectivity index is 1.57. The third-order valence-corrected chi connectivity index (χ3v) is 6.58. The maximum Gasteiger partial charge on any atom is 0.251 e. The van der Waals surface area contributed by atoms with Crippen LogP contribution in [0.4, 0.5) is 0 Å². The minimum absolute atomic E-state index is 0.0341. The molecule has 36 heavy (non-hydrogen) atoms. The Bertz CT molecular complexity index is 1120. The molecule has 0 saturated carbocycles. The molecule has 1 aliphatic heterocycles. The molecular formula is C30H37N3O3. The molecule has 0 atom stereocenters. The molecule has 0 aliphatic carbocycles. The van der Waals surface area contributed by atoms with Crippen molar-refractivity contribution in [2.75, 3.05) is 26.4 Å². The van der Waals surface area contributed by atoms with Crippen LogP contribution in [0.1, 0.15) is 59.4 Å². The van der Waals surface area contributed by atoms with Crippen LogP contribution in [-0.2, 0) is 24.2 Å². The number of carbonyl (C=O) groups excluding carboxylic acids is 1. The van der Waals surface area contributed by atoms with E-state index in [2.05, 4.69) is 59.4 Å². The lowest BCUT2D eigenvalue weighted by atomic mass is 9.99. The molecule has 1 aromatic heterocycles. The summed E-state index contributed by atoms with van der Waals surface area (Å²) in [6, 6.07) is 20.6. The quantitative estimate of drug-likeness (QED) is 0.530. The predicted molar refractivity (Wildman–Crippen MR) is 142 cm³/mol. The SMILES string of the molecule is CCC(CC)NC(=O)c1ccc2c(c1)Cc1cccc(c1)CN(Cc1ccccn1)CCOCCO2. The first-order valence-electron chi connectivity index (χ1n) is 13.0. The molecule has 2 heterocycles. The number of ether oxygens (including phenoxy) is 2. The fourth-order valence-corrected chi connectivity index (χ4v) is 4.52. The zero-order chi connectivity index (χ0) is 25.2. The van der Waals surface area contributed by atoms with Crippen molar-refractivity contribution in [2.45, 2.75) is 52.2 Å². The number of rotatable bonds is 6. The summed E-state index contributed by atoms with van der Waals surface area (Å²) in [7, 11) is 0. The zero-order valence-corrected chi connectivity index (χ0v) is 21.4. The van der Waals surface area contributed by atoms with Gasteiger partial charge in [-0.25, -0.2) is 0 Å². The molecule has 190 valence electrons. The number of benzene rings is 2. The van der Waals surface area contributed by atoms with Gasteiger partial charge in [-0.15, -0.1) is 0 Å². The summed E-state index contributed by atoms with van der Waals surface area (Å²) in [5.41, 5.74) is 5.16. The van der Waals surface area contributed by atoms with Crippen LogP contribution >= 0.6 is 0 Å². The molecule has 1 aliphatic rings. The van der Waals surface area contributed by atoms with Crippen LogP contribution in [0.2, 0.25) is 0 Å². The number of carbonyl (C=O) groups is 1. The predicted octanol–water partition coefficient (Wildman–Crippen LogP) is 5.00. The van der Waals surface area contributed by atoms with Gasteiger partial charge < -0.3 is 14.8 Å². The van der Waals surface area contributed by atoms with E-state index in [0.717, 1.165) is 49.5 Å². The minimum Gasteiger partial charge on any atom is -0.491 e. The van der Waals surface area contributed by atoms with Crippen LogP contribution in [0.15, 0.2) is 66.9 Å². The van der Waals surface area contributed by atoms with Crippen molar-refractivity contribution in [3.05, 3.63) is 94.8 Å². The number of amides is 1. The summed E-state index contributed by atoms with van der Waals surface area (Å²) >= 11 is 0. The van der Waals surface area contributed by atoms with Gasteiger partial charge in [0, 0.05) is 43.9 Å². The fourth-order valence-electron chi connectivity index (χ4n) is 4.52. The molecule has 1 amide bonds. The topological polar surface area (TPSA) is 63.7 Å². The Morgan fingerprint density at radius 1 is 1.00 bits per heavy atom. The first kappa shape index (κ1) is 25.9. The maximum absolute atomic E-state index is 12.9. The van der Waals surface area contributed by atoms with E-state index in [4.69, 9.17) is 9.47 Å². The van der Waals surface area contributed by atoms with E-state index in [-0.39, 0.29) is 11.9 Å². The number of fused-ring (bicyclic) bond motifs is 3. The molecule has 0 spiro atoms. The molecule has 1 N–H and O–H groups in total. The number of nitrogens with one attached hydrogen (secondary N) is 1. The largest absolute Gasteiger partial charge is 0.491 e. The Labute approximate surface area is 214 Å². The van der Waals surface area contributed by atoms with Crippen LogP contribution in [0.5, 0.6) is 5.75 Å². The Morgan fingerprint density at radius 3 is 2.67 bits per heavy atom. The monoisotopic (exact) mass is 487 g/mol. The first-order chi connectivity index (χ1) is 17.6. The molecule has 6 nitrogen and oxygen atoms in total. The van der Waals surface area contributed by atoms with Crippen molar-refractivity contribution in [1.82, 2.24) is 15.2 Å². The molecule has 2 bridgehead atoms. The molecular weight excluding hydrogens is 450 g/mol. The van der Waals surface area contributed by atoms with Crippen molar-refractivity contribution in [3.8, 4) is 5.75 Å². The smallest absolute Gasteiger partial charge is 0.251 e. The van der Waals surface area contributed by atoms with E-state index >= 15 is 0 Å². The molecule has 0 unspecified atom stereocenters. The highest BCUT2D eigenvalue weighted by molar-refractivity contribution is 5.94. The van der Waals surface area contributed by atoms with Gasteiger partial charge in [0.15, 0.2) is 0 Å². The van der Waals surface area contributed by atoms with Crippen LogP contribution in [0.25, 0.3) is 0 Å². The van der Waals surface area contributed by atoms with E-state index in [0.29, 0.717) is 31.8 Å². The van der Waals surface area contributed by atoms with Gasteiger partial charge in [0.2, 0.25) is 0 Å². The Kier molecular flexibility index (Phi) is 9.47. The number of aromatic nitrogens is 1. The van der Waals surface area contributed by atoms with E-state index in [1.54, 1.807) is 0 Å². The summed E-state index contributed by atoms with van der Waals surface area (Å²) in [5, 5.41) is 3.14. The molecule has 0 fully saturated rings. The maximum atomic E-state index is 12.9. The normalized spacial score (nSPS) is 15.0. The van der Waals surface area contributed by atoms with E-state index in [1.165, 1.54) is 11.1 Å². The summed E-state index contributed by atoms with van der Waals surface area (Å²) < 4.78 is 12.0. The summed E-state index contributed by atoms with van der Waals surface area (Å²) in [4.78, 5) is 19.8. The Morgan fingerprint density at radius 2 is 1.86 bits per heavy atom. The van der Waals surface area contributed by atoms with Crippen molar-refractivity contribution >= 4 is 5.91 Å². The zero-order valence-electron chi connectivity index (χ0n) is 21.4. The minimum atomic E-state index is -0.0341. The van der Waals surface area contributed by atoms with Gasteiger partial charge in [-0.2, -0.15) is 0 Å². The van der Waals surface area contributed by atoms with E-state index in [1.807, 2.05) is 36.5 Å². The number of pyridine rings is 1. The van der Waals surface area contributed by atoms with Crippen molar-refractivity contribution in [1.29, 1.82) is 0 Å². The van der Waals surface area contributed by atoms with Crippen LogP contribution < -0.4 is 10.1 Å². The third kappa shape index (κ3) is 7.39. The van der Waals surface area contributed by atoms with Gasteiger partial charge in [0.05, 0.1) is 18.9 Å². The second-order valence-electron chi connectivity index (χ2n) is 9.30. The summed E-state index contributed by atoms with van der Waals surface area (Å²) in [5.74, 6) is 0.769. The summed E-state index contributed by atoms with van der Waals surface area (Å²) in [6.07, 6.45) is 4.36. The lowest BCUT2D eigenvalue weighted by Gasteiger charge is -2.23. The highest BCUT2D eigenvalue weighted by atomic mass is 16.5. The van der Waals surface area contributed by atoms with Gasteiger partial charge in [-0.3, -0.25) is 14.7 Å². The second-order valence-corrected chi connectivity index (χ2v) is 9.30. The second kappa shape index (κ2) is 13.2. The molecule has 0 saturated heterocycles. The highest BCUT2D eigenvalue weighted by Crippen LogP contribution is 2.25. The first-order valence-corrected chi connectivity index (χ1v) is 13.0. The average Bonchev–Trinajstić information content (AvgIpc) is 2.90. The molecule has 3 aromatic rings. The lowest BCUT2D eigenvalue weighted by molar-refractivity contribution is 0.0754. The van der Waals surface area contributed by atoms with Crippen molar-refractivity contribution in [3.63, 3.8) is 0 Å². The van der Waals surface area contributed by atoms with Crippen LogP contribution in [0, 0.1) is 0 Å². The van der Waals surface area contributed by atoms with Gasteiger partial charge >= 0.3 is 0 Å². The van der Waals surface area contributed by atoms with Gasteiger partial charge in [0.1, 0.15) is 12.4 Å². The lowest BCUT2D eigenvalue weighted by Crippen LogP contribution is -2.33. The van der Waals surface area contributed by atoms with Crippen LogP contribution in [0.3, 0.4) is 0 Å². The fraction of sp³-hybridized carbons (Fsp3) is 0.400. The number of hydrogen-bond acceptors (Lipinski definition) is 5. The van der Waals surface area contributed by atoms with Gasteiger partial charge in [-0.05, 0) is 59.9 Å². The highest BCUT2D eigenvalue weighted by Gasteiger charge is 2.15. The third-order valence-electron chi connectivity index (χ3n) is 6.58. The molecule has 4 rings (SSSR count). The van der Waals surface area contributed by atoms with Crippen molar-refractivity contribution in [2.24, 2.45) is 0 Å². The van der Waals surface area contributed by atoms with E-state index < -0.39 is 0 Å². The van der Waals surface area contributed by atoms with E-state index in [9.17, 15) is 4.79 Å². The van der Waals surface area contributed by atoms with Gasteiger partial charge in [0.25, 0.3) is 5.91 Å². The number of hydrogen-bond donors (Lipinski definition) is 1.